The van der Waals surface area contributed by atoms with E-state index in [1.807, 2.05) is 52.8 Å². The summed E-state index contributed by atoms with van der Waals surface area (Å²) in [5.41, 5.74) is 5.94. The standard InChI is InChI=1S/C22H30N2O3S/c1-7-21(19-10-8-15(2)17(4)12-19)23-22(25)14-24(28(6,26)27)20-11-9-16(3)18(5)13-20/h8-13,21H,7,14H2,1-6H3,(H,23,25)/t21-/m0/s1. The van der Waals surface area contributed by atoms with Gasteiger partial charge in [-0.05, 0) is 74.1 Å². The summed E-state index contributed by atoms with van der Waals surface area (Å²) in [6.45, 7) is 9.73. The van der Waals surface area contributed by atoms with Crippen molar-refractivity contribution in [3.05, 3.63) is 64.2 Å². The van der Waals surface area contributed by atoms with Gasteiger partial charge in [-0.25, -0.2) is 8.42 Å². The van der Waals surface area contributed by atoms with Crippen LogP contribution < -0.4 is 9.62 Å². The van der Waals surface area contributed by atoms with Crippen LogP contribution >= 0.6 is 0 Å². The SMILES string of the molecule is CC[C@H](NC(=O)CN(c1ccc(C)c(C)c1)S(C)(=O)=O)c1ccc(C)c(C)c1. The van der Waals surface area contributed by atoms with E-state index in [0.717, 1.165) is 39.2 Å². The predicted octanol–water partition coefficient (Wildman–Crippen LogP) is 3.95. The molecule has 1 N–H and O–H groups in total. The fraction of sp³-hybridized carbons (Fsp3) is 0.409. The number of carbonyl (C=O) groups excluding carboxylic acids is 1. The van der Waals surface area contributed by atoms with Crippen molar-refractivity contribution in [3.8, 4) is 0 Å². The molecule has 0 bridgehead atoms. The summed E-state index contributed by atoms with van der Waals surface area (Å²) in [4.78, 5) is 12.7. The maximum Gasteiger partial charge on any atom is 0.241 e. The summed E-state index contributed by atoms with van der Waals surface area (Å²) >= 11 is 0. The van der Waals surface area contributed by atoms with Crippen LogP contribution in [0, 0.1) is 27.7 Å². The molecule has 5 nitrogen and oxygen atoms in total. The van der Waals surface area contributed by atoms with Crippen molar-refractivity contribution in [1.82, 2.24) is 5.32 Å². The molecule has 2 aromatic carbocycles. The largest absolute Gasteiger partial charge is 0.348 e. The highest BCUT2D eigenvalue weighted by Crippen LogP contribution is 2.22. The van der Waals surface area contributed by atoms with Gasteiger partial charge in [-0.3, -0.25) is 9.10 Å². The topological polar surface area (TPSA) is 66.5 Å². The molecule has 1 atom stereocenters. The van der Waals surface area contributed by atoms with Crippen molar-refractivity contribution in [2.45, 2.75) is 47.1 Å². The van der Waals surface area contributed by atoms with E-state index in [2.05, 4.69) is 11.4 Å². The Labute approximate surface area is 168 Å². The zero-order chi connectivity index (χ0) is 21.1. The molecule has 0 aliphatic heterocycles. The van der Waals surface area contributed by atoms with Crippen LogP contribution in [0.4, 0.5) is 5.69 Å². The first-order chi connectivity index (χ1) is 13.0. The maximum absolute atomic E-state index is 12.7. The number of nitrogens with one attached hydrogen (secondary N) is 1. The number of sulfonamides is 1. The summed E-state index contributed by atoms with van der Waals surface area (Å²) in [6, 6.07) is 11.4. The Hall–Kier alpha value is -2.34. The Bertz CT molecular complexity index is 968. The van der Waals surface area contributed by atoms with Crippen molar-refractivity contribution >= 4 is 21.6 Å². The van der Waals surface area contributed by atoms with E-state index in [-0.39, 0.29) is 18.5 Å². The zero-order valence-electron chi connectivity index (χ0n) is 17.5. The Morgan fingerprint density at radius 2 is 1.54 bits per heavy atom. The summed E-state index contributed by atoms with van der Waals surface area (Å²) in [5.74, 6) is -0.325. The van der Waals surface area contributed by atoms with Crippen molar-refractivity contribution in [3.63, 3.8) is 0 Å². The van der Waals surface area contributed by atoms with Gasteiger partial charge in [-0.1, -0.05) is 31.2 Å². The highest BCUT2D eigenvalue weighted by molar-refractivity contribution is 7.92. The molecule has 0 heterocycles. The van der Waals surface area contributed by atoms with Gasteiger partial charge in [-0.15, -0.1) is 0 Å². The number of carbonyl (C=O) groups is 1. The summed E-state index contributed by atoms with van der Waals surface area (Å²) in [6.07, 6.45) is 1.84. The molecule has 0 radical (unpaired) electrons. The molecule has 0 saturated heterocycles. The molecular formula is C22H30N2O3S. The fourth-order valence-electron chi connectivity index (χ4n) is 3.05. The van der Waals surface area contributed by atoms with Crippen molar-refractivity contribution in [1.29, 1.82) is 0 Å². The predicted molar refractivity (Wildman–Crippen MR) is 115 cm³/mol. The van der Waals surface area contributed by atoms with Crippen LogP contribution in [-0.2, 0) is 14.8 Å². The van der Waals surface area contributed by atoms with E-state index in [1.54, 1.807) is 12.1 Å². The van der Waals surface area contributed by atoms with Gasteiger partial charge in [-0.2, -0.15) is 0 Å². The highest BCUT2D eigenvalue weighted by Gasteiger charge is 2.23. The molecule has 0 fully saturated rings. The van der Waals surface area contributed by atoms with Gasteiger partial charge >= 0.3 is 0 Å². The second kappa shape index (κ2) is 8.78. The summed E-state index contributed by atoms with van der Waals surface area (Å²) < 4.78 is 25.8. The van der Waals surface area contributed by atoms with Crippen LogP contribution in [0.15, 0.2) is 36.4 Å². The molecule has 2 rings (SSSR count). The van der Waals surface area contributed by atoms with Crippen LogP contribution in [0.3, 0.4) is 0 Å². The molecule has 6 heteroatoms. The fourth-order valence-corrected chi connectivity index (χ4v) is 3.90. The van der Waals surface area contributed by atoms with Crippen molar-refractivity contribution in [2.75, 3.05) is 17.1 Å². The monoisotopic (exact) mass is 402 g/mol. The second-order valence-corrected chi connectivity index (χ2v) is 9.32. The number of anilines is 1. The van der Waals surface area contributed by atoms with E-state index in [9.17, 15) is 13.2 Å². The quantitative estimate of drug-likeness (QED) is 0.762. The number of hydrogen-bond acceptors (Lipinski definition) is 3. The van der Waals surface area contributed by atoms with E-state index < -0.39 is 10.0 Å². The Morgan fingerprint density at radius 3 is 2.04 bits per heavy atom. The van der Waals surface area contributed by atoms with Gasteiger partial charge < -0.3 is 5.32 Å². The first-order valence-corrected chi connectivity index (χ1v) is 11.3. The molecule has 0 aliphatic rings. The van der Waals surface area contributed by atoms with Crippen LogP contribution in [0.25, 0.3) is 0 Å². The Morgan fingerprint density at radius 1 is 0.964 bits per heavy atom. The third-order valence-electron chi connectivity index (χ3n) is 5.14. The molecule has 2 aromatic rings. The molecule has 0 spiro atoms. The maximum atomic E-state index is 12.7. The minimum atomic E-state index is -3.59. The molecule has 152 valence electrons. The molecule has 0 aliphatic carbocycles. The van der Waals surface area contributed by atoms with Crippen LogP contribution in [0.1, 0.15) is 47.2 Å². The van der Waals surface area contributed by atoms with Gasteiger partial charge in [0, 0.05) is 0 Å². The van der Waals surface area contributed by atoms with Crippen LogP contribution in [-0.4, -0.2) is 27.1 Å². The van der Waals surface area contributed by atoms with Crippen molar-refractivity contribution < 1.29 is 13.2 Å². The molecule has 28 heavy (non-hydrogen) atoms. The summed E-state index contributed by atoms with van der Waals surface area (Å²) in [5, 5.41) is 2.98. The van der Waals surface area contributed by atoms with Crippen LogP contribution in [0.2, 0.25) is 0 Å². The van der Waals surface area contributed by atoms with E-state index in [4.69, 9.17) is 0 Å². The lowest BCUT2D eigenvalue weighted by Gasteiger charge is -2.25. The molecule has 0 unspecified atom stereocenters. The average molecular weight is 403 g/mol. The Balaban J connectivity index is 2.22. The van der Waals surface area contributed by atoms with Crippen molar-refractivity contribution in [2.24, 2.45) is 0 Å². The molecular weight excluding hydrogens is 372 g/mol. The number of aryl methyl sites for hydroxylation is 4. The number of nitrogens with zero attached hydrogens (tertiary/aromatic N) is 1. The highest BCUT2D eigenvalue weighted by atomic mass is 32.2. The summed E-state index contributed by atoms with van der Waals surface area (Å²) in [7, 11) is -3.59. The third-order valence-corrected chi connectivity index (χ3v) is 6.28. The first-order valence-electron chi connectivity index (χ1n) is 9.44. The zero-order valence-corrected chi connectivity index (χ0v) is 18.4. The lowest BCUT2D eigenvalue weighted by Crippen LogP contribution is -2.41. The van der Waals surface area contributed by atoms with Crippen LogP contribution in [0.5, 0.6) is 0 Å². The number of benzene rings is 2. The van der Waals surface area contributed by atoms with E-state index in [0.29, 0.717) is 5.69 Å². The van der Waals surface area contributed by atoms with Gasteiger partial charge in [0.15, 0.2) is 0 Å². The van der Waals surface area contributed by atoms with Gasteiger partial charge in [0.05, 0.1) is 18.0 Å². The number of amides is 1. The molecule has 1 amide bonds. The molecule has 0 saturated carbocycles. The van der Waals surface area contributed by atoms with Gasteiger partial charge in [0.25, 0.3) is 0 Å². The lowest BCUT2D eigenvalue weighted by atomic mass is 9.99. The number of hydrogen-bond donors (Lipinski definition) is 1. The second-order valence-electron chi connectivity index (χ2n) is 7.41. The number of rotatable bonds is 7. The minimum absolute atomic E-state index is 0.159. The van der Waals surface area contributed by atoms with Gasteiger partial charge in [0.1, 0.15) is 6.54 Å². The van der Waals surface area contributed by atoms with E-state index in [1.165, 1.54) is 5.56 Å². The lowest BCUT2D eigenvalue weighted by molar-refractivity contribution is -0.120. The average Bonchev–Trinajstić information content (AvgIpc) is 2.61. The minimum Gasteiger partial charge on any atom is -0.348 e. The van der Waals surface area contributed by atoms with E-state index >= 15 is 0 Å². The first kappa shape index (κ1) is 22.0. The van der Waals surface area contributed by atoms with Gasteiger partial charge in [0.2, 0.25) is 15.9 Å². The molecule has 0 aromatic heterocycles. The smallest absolute Gasteiger partial charge is 0.241 e. The third kappa shape index (κ3) is 5.35. The normalized spacial score (nSPS) is 12.5. The Kier molecular flexibility index (Phi) is 6.88.